The highest BCUT2D eigenvalue weighted by molar-refractivity contribution is 6.09. The summed E-state index contributed by atoms with van der Waals surface area (Å²) >= 11 is 0. The molecule has 6 heteroatoms. The lowest BCUT2D eigenvalue weighted by Gasteiger charge is -2.19. The summed E-state index contributed by atoms with van der Waals surface area (Å²) in [6.45, 7) is 8.85. The lowest BCUT2D eigenvalue weighted by Crippen LogP contribution is -2.14. The maximum atomic E-state index is 13.3. The van der Waals surface area contributed by atoms with Gasteiger partial charge in [-0.1, -0.05) is 75.4 Å². The van der Waals surface area contributed by atoms with Gasteiger partial charge in [0.25, 0.3) is 5.69 Å². The normalized spacial score (nSPS) is 11.5. The van der Waals surface area contributed by atoms with E-state index in [1.165, 1.54) is 6.07 Å². The average Bonchev–Trinajstić information content (AvgIpc) is 3.13. The molecule has 0 saturated heterocycles. The molecule has 0 saturated carbocycles. The molecule has 0 spiro atoms. The minimum atomic E-state index is -0.452. The van der Waals surface area contributed by atoms with Gasteiger partial charge in [0.2, 0.25) is 0 Å². The van der Waals surface area contributed by atoms with Crippen LogP contribution in [0.3, 0.4) is 0 Å². The number of fused-ring (bicyclic) bond motifs is 1. The summed E-state index contributed by atoms with van der Waals surface area (Å²) in [6.07, 6.45) is 0. The Balaban J connectivity index is 2.03. The van der Waals surface area contributed by atoms with E-state index < -0.39 is 10.9 Å². The van der Waals surface area contributed by atoms with Crippen LogP contribution in [0.5, 0.6) is 0 Å². The molecular formula is C28H28N2O4. The van der Waals surface area contributed by atoms with E-state index in [0.29, 0.717) is 23.2 Å². The number of nitro benzene ring substituents is 1. The first-order valence-corrected chi connectivity index (χ1v) is 11.3. The van der Waals surface area contributed by atoms with Crippen LogP contribution < -0.4 is 0 Å². The van der Waals surface area contributed by atoms with Crippen LogP contribution in [-0.2, 0) is 16.7 Å². The lowest BCUT2D eigenvalue weighted by atomic mass is 9.86. The van der Waals surface area contributed by atoms with Crippen LogP contribution in [0.25, 0.3) is 22.0 Å². The maximum Gasteiger partial charge on any atom is 0.355 e. The third-order valence-corrected chi connectivity index (χ3v) is 5.95. The van der Waals surface area contributed by atoms with E-state index in [1.807, 2.05) is 59.2 Å². The van der Waals surface area contributed by atoms with Crippen molar-refractivity contribution in [3.05, 3.63) is 99.7 Å². The zero-order valence-electron chi connectivity index (χ0n) is 19.9. The van der Waals surface area contributed by atoms with E-state index in [4.69, 9.17) is 4.74 Å². The van der Waals surface area contributed by atoms with Crippen LogP contribution in [0.4, 0.5) is 5.69 Å². The quantitative estimate of drug-likeness (QED) is 0.183. The van der Waals surface area contributed by atoms with Crippen molar-refractivity contribution in [3.63, 3.8) is 0 Å². The second-order valence-electron chi connectivity index (χ2n) is 9.30. The van der Waals surface area contributed by atoms with Gasteiger partial charge >= 0.3 is 5.97 Å². The summed E-state index contributed by atoms with van der Waals surface area (Å²) in [6, 6.07) is 22.6. The molecule has 3 aromatic carbocycles. The number of aromatic nitrogens is 1. The van der Waals surface area contributed by atoms with Crippen LogP contribution in [0.15, 0.2) is 72.8 Å². The molecule has 6 nitrogen and oxygen atoms in total. The molecule has 0 aliphatic carbocycles. The van der Waals surface area contributed by atoms with Crippen LogP contribution >= 0.6 is 0 Å². The molecular weight excluding hydrogens is 428 g/mol. The molecule has 0 aliphatic heterocycles. The van der Waals surface area contributed by atoms with Crippen molar-refractivity contribution in [2.45, 2.75) is 39.7 Å². The molecule has 0 N–H and O–H groups in total. The smallest absolute Gasteiger partial charge is 0.355 e. The molecule has 174 valence electrons. The lowest BCUT2D eigenvalue weighted by molar-refractivity contribution is -0.384. The first-order chi connectivity index (χ1) is 16.2. The molecule has 34 heavy (non-hydrogen) atoms. The van der Waals surface area contributed by atoms with Gasteiger partial charge in [-0.05, 0) is 35.1 Å². The van der Waals surface area contributed by atoms with Crippen LogP contribution in [-0.4, -0.2) is 22.1 Å². The molecule has 0 bridgehead atoms. The highest BCUT2D eigenvalue weighted by Gasteiger charge is 2.27. The van der Waals surface area contributed by atoms with Gasteiger partial charge in [0.15, 0.2) is 0 Å². The Morgan fingerprint density at radius 2 is 1.68 bits per heavy atom. The van der Waals surface area contributed by atoms with Crippen molar-refractivity contribution in [1.29, 1.82) is 0 Å². The standard InChI is InChI=1S/C28H28N2O4/c1-5-34-27(31)26-25(20-11-13-21(14-12-20)28(2,3)4)23-17-22(30(32)33)15-16-24(23)29(26)18-19-9-7-6-8-10-19/h6-17H,5,18H2,1-4H3. The van der Waals surface area contributed by atoms with Crippen molar-refractivity contribution >= 4 is 22.6 Å². The third-order valence-electron chi connectivity index (χ3n) is 5.95. The van der Waals surface area contributed by atoms with Gasteiger partial charge in [0.05, 0.1) is 17.0 Å². The van der Waals surface area contributed by atoms with E-state index >= 15 is 0 Å². The fourth-order valence-corrected chi connectivity index (χ4v) is 4.23. The molecule has 0 atom stereocenters. The second kappa shape index (κ2) is 9.14. The number of nitro groups is 1. The minimum Gasteiger partial charge on any atom is -0.461 e. The zero-order valence-corrected chi connectivity index (χ0v) is 19.9. The number of rotatable bonds is 6. The molecule has 4 rings (SSSR count). The predicted octanol–water partition coefficient (Wildman–Crippen LogP) is 6.74. The van der Waals surface area contributed by atoms with E-state index in [0.717, 1.165) is 22.2 Å². The monoisotopic (exact) mass is 456 g/mol. The van der Waals surface area contributed by atoms with Gasteiger partial charge in [0, 0.05) is 29.6 Å². The van der Waals surface area contributed by atoms with Gasteiger partial charge in [-0.15, -0.1) is 0 Å². The first kappa shape index (κ1) is 23.2. The summed E-state index contributed by atoms with van der Waals surface area (Å²) in [5.74, 6) is -0.452. The van der Waals surface area contributed by atoms with Gasteiger partial charge < -0.3 is 9.30 Å². The number of nitrogens with zero attached hydrogens (tertiary/aromatic N) is 2. The van der Waals surface area contributed by atoms with Crippen LogP contribution in [0, 0.1) is 10.1 Å². The summed E-state index contributed by atoms with van der Waals surface area (Å²) in [4.78, 5) is 24.4. The highest BCUT2D eigenvalue weighted by Crippen LogP contribution is 2.38. The molecule has 1 aromatic heterocycles. The molecule has 0 radical (unpaired) electrons. The average molecular weight is 457 g/mol. The molecule has 1 heterocycles. The van der Waals surface area contributed by atoms with Crippen LogP contribution in [0.2, 0.25) is 0 Å². The van der Waals surface area contributed by atoms with Crippen molar-refractivity contribution in [2.75, 3.05) is 6.61 Å². The number of carbonyl (C=O) groups excluding carboxylic acids is 1. The van der Waals surface area contributed by atoms with Gasteiger partial charge in [-0.2, -0.15) is 0 Å². The minimum absolute atomic E-state index is 0.0210. The number of benzene rings is 3. The molecule has 0 aliphatic rings. The molecule has 4 aromatic rings. The van der Waals surface area contributed by atoms with Gasteiger partial charge in [-0.25, -0.2) is 4.79 Å². The summed E-state index contributed by atoms with van der Waals surface area (Å²) in [5.41, 5.74) is 4.72. The number of hydrogen-bond acceptors (Lipinski definition) is 4. The second-order valence-corrected chi connectivity index (χ2v) is 9.30. The van der Waals surface area contributed by atoms with Gasteiger partial charge in [0.1, 0.15) is 5.69 Å². The molecule has 0 fully saturated rings. The van der Waals surface area contributed by atoms with E-state index in [2.05, 4.69) is 20.8 Å². The Kier molecular flexibility index (Phi) is 6.24. The number of ether oxygens (including phenoxy) is 1. The Morgan fingerprint density at radius 3 is 2.26 bits per heavy atom. The maximum absolute atomic E-state index is 13.3. The van der Waals surface area contributed by atoms with Crippen molar-refractivity contribution in [3.8, 4) is 11.1 Å². The van der Waals surface area contributed by atoms with Crippen molar-refractivity contribution in [2.24, 2.45) is 0 Å². The summed E-state index contributed by atoms with van der Waals surface area (Å²) in [7, 11) is 0. The Labute approximate surface area is 198 Å². The zero-order chi connectivity index (χ0) is 24.5. The summed E-state index contributed by atoms with van der Waals surface area (Å²) < 4.78 is 7.36. The fourth-order valence-electron chi connectivity index (χ4n) is 4.23. The SMILES string of the molecule is CCOC(=O)c1c(-c2ccc(C(C)(C)C)cc2)c2cc([N+](=O)[O-])ccc2n1Cc1ccccc1. The van der Waals surface area contributed by atoms with Crippen LogP contribution in [0.1, 0.15) is 49.3 Å². The van der Waals surface area contributed by atoms with E-state index in [1.54, 1.807) is 19.1 Å². The van der Waals surface area contributed by atoms with Gasteiger partial charge in [-0.3, -0.25) is 10.1 Å². The fraction of sp³-hybridized carbons (Fsp3) is 0.250. The number of non-ortho nitro benzene ring substituents is 1. The predicted molar refractivity (Wildman–Crippen MR) is 134 cm³/mol. The Hall–Kier alpha value is -3.93. The Morgan fingerprint density at radius 1 is 1.00 bits per heavy atom. The largest absolute Gasteiger partial charge is 0.461 e. The van der Waals surface area contributed by atoms with Crippen molar-refractivity contribution in [1.82, 2.24) is 4.57 Å². The third kappa shape index (κ3) is 4.44. The topological polar surface area (TPSA) is 74.4 Å². The van der Waals surface area contributed by atoms with E-state index in [9.17, 15) is 14.9 Å². The number of esters is 1. The number of carbonyl (C=O) groups is 1. The first-order valence-electron chi connectivity index (χ1n) is 11.3. The molecule has 0 unspecified atom stereocenters. The molecule has 0 amide bonds. The summed E-state index contributed by atoms with van der Waals surface area (Å²) in [5, 5.41) is 12.2. The van der Waals surface area contributed by atoms with E-state index in [-0.39, 0.29) is 17.7 Å². The highest BCUT2D eigenvalue weighted by atomic mass is 16.6. The number of hydrogen-bond donors (Lipinski definition) is 0. The Bertz CT molecular complexity index is 1350. The van der Waals surface area contributed by atoms with Crippen molar-refractivity contribution < 1.29 is 14.5 Å².